The summed E-state index contributed by atoms with van der Waals surface area (Å²) >= 11 is 0. The van der Waals surface area contributed by atoms with Crippen molar-refractivity contribution in [3.8, 4) is 11.8 Å². The number of carbonyl (C=O) groups excluding carboxylic acids is 1. The van der Waals surface area contributed by atoms with E-state index >= 15 is 0 Å². The third kappa shape index (κ3) is 2.20. The van der Waals surface area contributed by atoms with Crippen molar-refractivity contribution in [3.63, 3.8) is 0 Å². The zero-order chi connectivity index (χ0) is 10.6. The van der Waals surface area contributed by atoms with Gasteiger partial charge in [-0.3, -0.25) is 9.78 Å². The highest BCUT2D eigenvalue weighted by Crippen LogP contribution is 2.16. The van der Waals surface area contributed by atoms with Crippen LogP contribution in [-0.4, -0.2) is 23.2 Å². The van der Waals surface area contributed by atoms with Crippen molar-refractivity contribution in [2.24, 2.45) is 0 Å². The Bertz CT molecular complexity index is 396. The lowest BCUT2D eigenvalue weighted by Crippen LogP contribution is -2.06. The maximum atomic E-state index is 10.8. The fourth-order valence-electron chi connectivity index (χ4n) is 0.888. The van der Waals surface area contributed by atoms with Gasteiger partial charge in [-0.15, -0.1) is 0 Å². The molecule has 0 fully saturated rings. The zero-order valence-electron chi connectivity index (χ0n) is 7.52. The normalized spacial score (nSPS) is 9.14. The van der Waals surface area contributed by atoms with Gasteiger partial charge in [-0.25, -0.2) is 0 Å². The number of nitriles is 1. The van der Waals surface area contributed by atoms with Crippen molar-refractivity contribution in [2.75, 3.05) is 7.11 Å². The van der Waals surface area contributed by atoms with Crippen molar-refractivity contribution >= 4 is 5.97 Å². The SMILES string of the molecule is COC(=O)Cc1ncc(C#N)cc1O. The minimum Gasteiger partial charge on any atom is -0.506 e. The molecule has 0 saturated heterocycles. The maximum absolute atomic E-state index is 10.8. The van der Waals surface area contributed by atoms with E-state index in [1.807, 2.05) is 6.07 Å². The van der Waals surface area contributed by atoms with E-state index in [9.17, 15) is 9.90 Å². The van der Waals surface area contributed by atoms with Gasteiger partial charge in [0.15, 0.2) is 0 Å². The third-order valence-corrected chi connectivity index (χ3v) is 1.62. The Morgan fingerprint density at radius 1 is 1.79 bits per heavy atom. The minimum absolute atomic E-state index is 0.103. The molecule has 1 aromatic rings. The van der Waals surface area contributed by atoms with Crippen LogP contribution in [0.5, 0.6) is 5.75 Å². The van der Waals surface area contributed by atoms with Crippen LogP contribution in [0.15, 0.2) is 12.3 Å². The topological polar surface area (TPSA) is 83.2 Å². The van der Waals surface area contributed by atoms with E-state index in [1.165, 1.54) is 19.4 Å². The van der Waals surface area contributed by atoms with E-state index in [1.54, 1.807) is 0 Å². The summed E-state index contributed by atoms with van der Waals surface area (Å²) in [5, 5.41) is 17.8. The van der Waals surface area contributed by atoms with Crippen LogP contribution in [-0.2, 0) is 16.0 Å². The fourth-order valence-corrected chi connectivity index (χ4v) is 0.888. The second-order valence-electron chi connectivity index (χ2n) is 2.55. The Kier molecular flexibility index (Phi) is 3.02. The molecule has 0 aliphatic carbocycles. The van der Waals surface area contributed by atoms with E-state index < -0.39 is 5.97 Å². The molecule has 0 bridgehead atoms. The van der Waals surface area contributed by atoms with Crippen LogP contribution >= 0.6 is 0 Å². The van der Waals surface area contributed by atoms with Gasteiger partial charge in [-0.1, -0.05) is 0 Å². The number of pyridine rings is 1. The Morgan fingerprint density at radius 3 is 3.00 bits per heavy atom. The van der Waals surface area contributed by atoms with E-state index in [0.717, 1.165) is 0 Å². The Balaban J connectivity index is 2.90. The maximum Gasteiger partial charge on any atom is 0.311 e. The number of hydrogen-bond acceptors (Lipinski definition) is 5. The van der Waals surface area contributed by atoms with Crippen LogP contribution in [0.3, 0.4) is 0 Å². The van der Waals surface area contributed by atoms with E-state index in [-0.39, 0.29) is 23.4 Å². The lowest BCUT2D eigenvalue weighted by Gasteiger charge is -2.01. The first-order valence-corrected chi connectivity index (χ1v) is 3.82. The van der Waals surface area contributed by atoms with Crippen molar-refractivity contribution < 1.29 is 14.6 Å². The summed E-state index contributed by atoms with van der Waals surface area (Å²) in [5.74, 6) is -0.660. The number of carbonyl (C=O) groups is 1. The summed E-state index contributed by atoms with van der Waals surface area (Å²) in [7, 11) is 1.25. The summed E-state index contributed by atoms with van der Waals surface area (Å²) in [5.41, 5.74) is 0.451. The van der Waals surface area contributed by atoms with Gasteiger partial charge in [0.25, 0.3) is 0 Å². The molecule has 1 rings (SSSR count). The average Bonchev–Trinajstić information content (AvgIpc) is 2.20. The predicted octanol–water partition coefficient (Wildman–Crippen LogP) is 0.374. The summed E-state index contributed by atoms with van der Waals surface area (Å²) < 4.78 is 4.41. The second kappa shape index (κ2) is 4.23. The standard InChI is InChI=1S/C9H8N2O3/c1-14-9(13)3-7-8(12)2-6(4-10)5-11-7/h2,5,12H,3H2,1H3. The van der Waals surface area contributed by atoms with Crippen molar-refractivity contribution in [2.45, 2.75) is 6.42 Å². The molecule has 0 unspecified atom stereocenters. The number of hydrogen-bond donors (Lipinski definition) is 1. The van der Waals surface area contributed by atoms with Gasteiger partial charge in [0, 0.05) is 12.3 Å². The molecule has 0 aliphatic heterocycles. The monoisotopic (exact) mass is 192 g/mol. The van der Waals surface area contributed by atoms with Gasteiger partial charge >= 0.3 is 5.97 Å². The van der Waals surface area contributed by atoms with Crippen LogP contribution in [0.4, 0.5) is 0 Å². The van der Waals surface area contributed by atoms with E-state index in [2.05, 4.69) is 9.72 Å². The minimum atomic E-state index is -0.488. The number of methoxy groups -OCH3 is 1. The molecule has 1 aromatic heterocycles. The van der Waals surface area contributed by atoms with Crippen LogP contribution in [0.2, 0.25) is 0 Å². The first kappa shape index (κ1) is 9.99. The van der Waals surface area contributed by atoms with Gasteiger partial charge in [-0.2, -0.15) is 5.26 Å². The highest BCUT2D eigenvalue weighted by Gasteiger charge is 2.09. The number of aromatic hydroxyl groups is 1. The largest absolute Gasteiger partial charge is 0.506 e. The number of ether oxygens (including phenoxy) is 1. The Labute approximate surface area is 80.6 Å². The van der Waals surface area contributed by atoms with Crippen LogP contribution in [0, 0.1) is 11.3 Å². The molecular weight excluding hydrogens is 184 g/mol. The molecule has 0 amide bonds. The first-order valence-electron chi connectivity index (χ1n) is 3.82. The van der Waals surface area contributed by atoms with Crippen LogP contribution < -0.4 is 0 Å². The highest BCUT2D eigenvalue weighted by atomic mass is 16.5. The predicted molar refractivity (Wildman–Crippen MR) is 46.3 cm³/mol. The molecule has 1 heterocycles. The van der Waals surface area contributed by atoms with E-state index in [4.69, 9.17) is 5.26 Å². The highest BCUT2D eigenvalue weighted by molar-refractivity contribution is 5.72. The molecule has 0 radical (unpaired) electrons. The molecule has 14 heavy (non-hydrogen) atoms. The zero-order valence-corrected chi connectivity index (χ0v) is 7.52. The molecular formula is C9H8N2O3. The smallest absolute Gasteiger partial charge is 0.311 e. The lowest BCUT2D eigenvalue weighted by molar-refractivity contribution is -0.139. The molecule has 0 aliphatic rings. The fraction of sp³-hybridized carbons (Fsp3) is 0.222. The molecule has 5 nitrogen and oxygen atoms in total. The van der Waals surface area contributed by atoms with Crippen molar-refractivity contribution in [1.82, 2.24) is 4.98 Å². The van der Waals surface area contributed by atoms with Crippen molar-refractivity contribution in [3.05, 3.63) is 23.5 Å². The van der Waals surface area contributed by atoms with Crippen LogP contribution in [0.1, 0.15) is 11.3 Å². The van der Waals surface area contributed by atoms with Gasteiger partial charge in [0.2, 0.25) is 0 Å². The second-order valence-corrected chi connectivity index (χ2v) is 2.55. The summed E-state index contributed by atoms with van der Waals surface area (Å²) in [6, 6.07) is 3.08. The molecule has 1 N–H and O–H groups in total. The molecule has 0 spiro atoms. The average molecular weight is 192 g/mol. The molecule has 0 atom stereocenters. The summed E-state index contributed by atoms with van der Waals surface area (Å²) in [6.07, 6.45) is 1.19. The lowest BCUT2D eigenvalue weighted by atomic mass is 10.2. The van der Waals surface area contributed by atoms with Crippen molar-refractivity contribution in [1.29, 1.82) is 5.26 Å². The molecule has 0 aromatic carbocycles. The number of nitrogens with zero attached hydrogens (tertiary/aromatic N) is 2. The Morgan fingerprint density at radius 2 is 2.50 bits per heavy atom. The molecule has 0 saturated carbocycles. The number of aromatic nitrogens is 1. The molecule has 72 valence electrons. The van der Waals surface area contributed by atoms with Gasteiger partial charge < -0.3 is 9.84 Å². The Hall–Kier alpha value is -2.09. The van der Waals surface area contributed by atoms with Gasteiger partial charge in [0.1, 0.15) is 11.8 Å². The van der Waals surface area contributed by atoms with Gasteiger partial charge in [-0.05, 0) is 0 Å². The van der Waals surface area contributed by atoms with Crippen LogP contribution in [0.25, 0.3) is 0 Å². The third-order valence-electron chi connectivity index (χ3n) is 1.62. The quantitative estimate of drug-likeness (QED) is 0.684. The number of esters is 1. The van der Waals surface area contributed by atoms with E-state index in [0.29, 0.717) is 0 Å². The first-order chi connectivity index (χ1) is 6.67. The number of rotatable bonds is 2. The van der Waals surface area contributed by atoms with Gasteiger partial charge in [0.05, 0.1) is 24.8 Å². The molecule has 5 heteroatoms. The summed E-state index contributed by atoms with van der Waals surface area (Å²) in [6.45, 7) is 0. The summed E-state index contributed by atoms with van der Waals surface area (Å²) in [4.78, 5) is 14.6.